The highest BCUT2D eigenvalue weighted by Gasteiger charge is 2.53. The number of aliphatic imine (C=N–C) groups is 1. The Kier molecular flexibility index (Phi) is 10.5. The number of nitrogens with one attached hydrogen (secondary N) is 1. The van der Waals surface area contributed by atoms with Gasteiger partial charge in [-0.15, -0.1) is 0 Å². The Hall–Kier alpha value is -4.38. The minimum Gasteiger partial charge on any atom is -0.494 e. The second-order valence-corrected chi connectivity index (χ2v) is 11.6. The molecule has 1 aliphatic rings. The number of carbonyl (C=O) groups excluding carboxylic acids is 2. The molecule has 3 aromatic rings. The van der Waals surface area contributed by atoms with E-state index in [1.807, 2.05) is 0 Å². The number of aliphatic hydroxyl groups excluding tert-OH is 1. The summed E-state index contributed by atoms with van der Waals surface area (Å²) in [7, 11) is 0. The number of nitrogens with zero attached hydrogens (tertiary/aromatic N) is 1. The molecule has 2 N–H and O–H groups in total. The Morgan fingerprint density at radius 2 is 1.64 bits per heavy atom. The summed E-state index contributed by atoms with van der Waals surface area (Å²) in [5.41, 5.74) is -2.35. The Morgan fingerprint density at radius 3 is 2.29 bits per heavy atom. The molecule has 0 unspecified atom stereocenters. The number of esters is 1. The van der Waals surface area contributed by atoms with E-state index in [-0.39, 0.29) is 30.9 Å². The molecule has 0 aliphatic carbocycles. The molecular formula is C34H37F3N2O6. The van der Waals surface area contributed by atoms with E-state index in [2.05, 4.69) is 5.32 Å². The number of ether oxygens (including phenoxy) is 3. The molecule has 0 radical (unpaired) electrons. The molecular weight excluding hydrogens is 589 g/mol. The fourth-order valence-electron chi connectivity index (χ4n) is 4.96. The van der Waals surface area contributed by atoms with E-state index in [0.29, 0.717) is 29.9 Å². The van der Waals surface area contributed by atoms with Crippen molar-refractivity contribution in [2.24, 2.45) is 4.99 Å². The molecule has 1 amide bonds. The lowest BCUT2D eigenvalue weighted by molar-refractivity contribution is -0.155. The lowest BCUT2D eigenvalue weighted by Gasteiger charge is -2.31. The number of hydrogen-bond donors (Lipinski definition) is 2. The van der Waals surface area contributed by atoms with E-state index >= 15 is 0 Å². The van der Waals surface area contributed by atoms with Crippen LogP contribution in [0.5, 0.6) is 5.75 Å². The SMILES string of the molecule is CC(C)(C)OC(=O)CC[C@@]1(C(=O)NCc2ccccc2C(F)(F)F)N=C(c2ccc(OCCCO)cc2)O[C@@H]1c1ccccc1. The molecule has 3 aromatic carbocycles. The van der Waals surface area contributed by atoms with Gasteiger partial charge in [0.25, 0.3) is 5.91 Å². The number of hydrogen-bond acceptors (Lipinski definition) is 7. The van der Waals surface area contributed by atoms with Crippen LogP contribution in [-0.2, 0) is 31.8 Å². The maximum absolute atomic E-state index is 14.2. The summed E-state index contributed by atoms with van der Waals surface area (Å²) in [5.74, 6) is -0.573. The first-order chi connectivity index (χ1) is 21.3. The van der Waals surface area contributed by atoms with Crippen LogP contribution in [0.1, 0.15) is 68.4 Å². The van der Waals surface area contributed by atoms with Crippen molar-refractivity contribution in [2.75, 3.05) is 13.2 Å². The standard InChI is InChI=1S/C34H37F3N2O6/c1-32(2,3)45-28(41)18-19-33(31(42)38-22-25-12-7-8-13-27(25)34(35,36)37)29(23-10-5-4-6-11-23)44-30(39-33)24-14-16-26(17-15-24)43-21-9-20-40/h4-8,10-17,29,40H,9,18-22H2,1-3H3,(H,38,42)/t29-,33-/m1/s1. The van der Waals surface area contributed by atoms with Gasteiger partial charge in [0.2, 0.25) is 5.90 Å². The van der Waals surface area contributed by atoms with E-state index < -0.39 is 47.4 Å². The molecule has 0 bridgehead atoms. The van der Waals surface area contributed by atoms with Crippen molar-refractivity contribution in [2.45, 2.75) is 70.0 Å². The zero-order valence-corrected chi connectivity index (χ0v) is 25.4. The molecule has 8 nitrogen and oxygen atoms in total. The lowest BCUT2D eigenvalue weighted by Crippen LogP contribution is -2.48. The third-order valence-electron chi connectivity index (χ3n) is 7.02. The van der Waals surface area contributed by atoms with Crippen LogP contribution in [0.2, 0.25) is 0 Å². The van der Waals surface area contributed by atoms with Crippen molar-refractivity contribution in [1.82, 2.24) is 5.32 Å². The fourth-order valence-corrected chi connectivity index (χ4v) is 4.96. The lowest BCUT2D eigenvalue weighted by atomic mass is 9.83. The molecule has 11 heteroatoms. The van der Waals surface area contributed by atoms with Crippen LogP contribution in [0.25, 0.3) is 0 Å². The van der Waals surface area contributed by atoms with Crippen molar-refractivity contribution >= 4 is 17.8 Å². The van der Waals surface area contributed by atoms with Crippen LogP contribution in [0.15, 0.2) is 83.9 Å². The quantitative estimate of drug-likeness (QED) is 0.184. The smallest absolute Gasteiger partial charge is 0.416 e. The monoisotopic (exact) mass is 626 g/mol. The van der Waals surface area contributed by atoms with Crippen LogP contribution in [0.4, 0.5) is 13.2 Å². The highest BCUT2D eigenvalue weighted by Crippen LogP contribution is 2.43. The molecule has 240 valence electrons. The van der Waals surface area contributed by atoms with Gasteiger partial charge in [-0.2, -0.15) is 13.2 Å². The van der Waals surface area contributed by atoms with Gasteiger partial charge in [-0.1, -0.05) is 48.5 Å². The van der Waals surface area contributed by atoms with Crippen molar-refractivity contribution in [3.8, 4) is 5.75 Å². The van der Waals surface area contributed by atoms with Crippen LogP contribution in [0, 0.1) is 0 Å². The van der Waals surface area contributed by atoms with Crippen molar-refractivity contribution in [3.63, 3.8) is 0 Å². The van der Waals surface area contributed by atoms with Gasteiger partial charge in [-0.25, -0.2) is 4.99 Å². The predicted octanol–water partition coefficient (Wildman–Crippen LogP) is 6.16. The summed E-state index contributed by atoms with van der Waals surface area (Å²) >= 11 is 0. The van der Waals surface area contributed by atoms with E-state index in [1.165, 1.54) is 18.2 Å². The zero-order valence-electron chi connectivity index (χ0n) is 25.4. The van der Waals surface area contributed by atoms with Crippen LogP contribution in [-0.4, -0.2) is 47.2 Å². The third-order valence-corrected chi connectivity index (χ3v) is 7.02. The highest BCUT2D eigenvalue weighted by atomic mass is 19.4. The minimum atomic E-state index is -4.61. The second kappa shape index (κ2) is 14.2. The topological polar surface area (TPSA) is 106 Å². The Balaban J connectivity index is 1.72. The van der Waals surface area contributed by atoms with Gasteiger partial charge in [0.15, 0.2) is 11.6 Å². The first-order valence-corrected chi connectivity index (χ1v) is 14.6. The van der Waals surface area contributed by atoms with Gasteiger partial charge in [0.1, 0.15) is 11.4 Å². The summed E-state index contributed by atoms with van der Waals surface area (Å²) in [5, 5.41) is 11.7. The average molecular weight is 627 g/mol. The number of alkyl halides is 3. The van der Waals surface area contributed by atoms with E-state index in [9.17, 15) is 22.8 Å². The Bertz CT molecular complexity index is 1490. The van der Waals surface area contributed by atoms with Crippen molar-refractivity contribution < 1.29 is 42.1 Å². The van der Waals surface area contributed by atoms with Crippen LogP contribution >= 0.6 is 0 Å². The normalized spacial score (nSPS) is 18.1. The summed E-state index contributed by atoms with van der Waals surface area (Å²) in [6.45, 7) is 5.08. The van der Waals surface area contributed by atoms with Gasteiger partial charge >= 0.3 is 12.1 Å². The van der Waals surface area contributed by atoms with Crippen LogP contribution < -0.4 is 10.1 Å². The molecule has 2 atom stereocenters. The first kappa shape index (κ1) is 33.5. The molecule has 0 spiro atoms. The summed E-state index contributed by atoms with van der Waals surface area (Å²) in [4.78, 5) is 31.8. The van der Waals surface area contributed by atoms with E-state index in [4.69, 9.17) is 24.3 Å². The Morgan fingerprint density at radius 1 is 0.978 bits per heavy atom. The predicted molar refractivity (Wildman–Crippen MR) is 162 cm³/mol. The summed E-state index contributed by atoms with van der Waals surface area (Å²) in [6, 6.07) is 20.7. The number of halogens is 3. The maximum Gasteiger partial charge on any atom is 0.416 e. The Labute approximate surface area is 260 Å². The van der Waals surface area contributed by atoms with Gasteiger partial charge in [0, 0.05) is 31.6 Å². The maximum atomic E-state index is 14.2. The summed E-state index contributed by atoms with van der Waals surface area (Å²) < 4.78 is 58.6. The average Bonchev–Trinajstić information content (AvgIpc) is 3.39. The largest absolute Gasteiger partial charge is 0.494 e. The number of benzene rings is 3. The minimum absolute atomic E-state index is 0.00115. The van der Waals surface area contributed by atoms with E-state index in [0.717, 1.165) is 6.07 Å². The van der Waals surface area contributed by atoms with Gasteiger partial charge in [-0.05, 0) is 68.7 Å². The fraction of sp³-hybridized carbons (Fsp3) is 0.382. The number of carbonyl (C=O) groups is 2. The number of aliphatic hydroxyl groups is 1. The number of rotatable bonds is 12. The van der Waals surface area contributed by atoms with Gasteiger partial charge in [0.05, 0.1) is 12.2 Å². The van der Waals surface area contributed by atoms with Gasteiger partial charge in [-0.3, -0.25) is 9.59 Å². The highest BCUT2D eigenvalue weighted by molar-refractivity contribution is 6.01. The van der Waals surface area contributed by atoms with Gasteiger partial charge < -0.3 is 24.6 Å². The molecule has 4 rings (SSSR count). The van der Waals surface area contributed by atoms with Crippen molar-refractivity contribution in [3.05, 3.63) is 101 Å². The molecule has 0 fully saturated rings. The molecule has 45 heavy (non-hydrogen) atoms. The van der Waals surface area contributed by atoms with E-state index in [1.54, 1.807) is 75.4 Å². The first-order valence-electron chi connectivity index (χ1n) is 14.6. The molecule has 0 aromatic heterocycles. The third kappa shape index (κ3) is 8.63. The summed E-state index contributed by atoms with van der Waals surface area (Å²) in [6.07, 6.45) is -5.49. The molecule has 1 aliphatic heterocycles. The molecule has 0 saturated heterocycles. The molecule has 1 heterocycles. The zero-order chi connectivity index (χ0) is 32.7. The molecule has 0 saturated carbocycles. The second-order valence-electron chi connectivity index (χ2n) is 11.6. The number of amides is 1. The van der Waals surface area contributed by atoms with Crippen molar-refractivity contribution in [1.29, 1.82) is 0 Å². The van der Waals surface area contributed by atoms with Crippen LogP contribution in [0.3, 0.4) is 0 Å².